The van der Waals surface area contributed by atoms with Gasteiger partial charge in [-0.25, -0.2) is 0 Å². The predicted octanol–water partition coefficient (Wildman–Crippen LogP) is 4.06. The van der Waals surface area contributed by atoms with Crippen molar-refractivity contribution in [2.24, 2.45) is 5.92 Å². The second kappa shape index (κ2) is 17.1. The molecule has 0 spiro atoms. The lowest BCUT2D eigenvalue weighted by Crippen LogP contribution is -2.54. The third kappa shape index (κ3) is 8.51. The summed E-state index contributed by atoms with van der Waals surface area (Å²) in [4.78, 5) is 71.4. The van der Waals surface area contributed by atoms with Crippen LogP contribution in [-0.2, 0) is 9.59 Å². The largest absolute Gasteiger partial charge is 0.490 e. The average molecular weight is 807 g/mol. The molecule has 8 rings (SSSR count). The Morgan fingerprint density at radius 3 is 2.29 bits per heavy atom. The molecule has 5 amide bonds. The Bertz CT molecular complexity index is 2120. The number of nitrogens with one attached hydrogen (secondary N) is 2. The first-order chi connectivity index (χ1) is 28.1. The molecule has 0 radical (unpaired) electrons. The normalized spacial score (nSPS) is 23.0. The molecule has 14 nitrogen and oxygen atoms in total. The van der Waals surface area contributed by atoms with Gasteiger partial charge in [0.05, 0.1) is 22.3 Å². The van der Waals surface area contributed by atoms with Gasteiger partial charge in [-0.15, -0.1) is 16.6 Å². The molecule has 5 heterocycles. The molecule has 1 atom stereocenters. The third-order valence-electron chi connectivity index (χ3n) is 12.2. The number of piperidine rings is 2. The summed E-state index contributed by atoms with van der Waals surface area (Å²) in [6, 6.07) is 13.4. The molecule has 302 valence electrons. The van der Waals surface area contributed by atoms with Gasteiger partial charge >= 0.3 is 0 Å². The summed E-state index contributed by atoms with van der Waals surface area (Å²) in [5, 5.41) is 14.6. The molecule has 58 heavy (non-hydrogen) atoms. The Morgan fingerprint density at radius 2 is 1.60 bits per heavy atom. The molecular formula is C43H47ClN8O6. The standard InChI is InChI=1S/C43H47ClN8O6/c1-2-28-3-7-32(26-35(28)44)58-31-8-4-29(5-9-31)45-40(54)36-11-13-38(48-47-36)51-19-16-27(17-20-51)15-18-49-21-23-50(24-22-49)30-6-10-33-34(25-30)43(57)52(42(33)56)37-12-14-39(53)46-41(37)55/h1,3,6-7,10-11,13,25-27,29,31,37H,4-5,8-9,12,14-24H2,(H,45,54)(H,46,53,55). The van der Waals surface area contributed by atoms with Crippen molar-refractivity contribution < 1.29 is 28.7 Å². The van der Waals surface area contributed by atoms with Gasteiger partial charge in [-0.1, -0.05) is 17.5 Å². The van der Waals surface area contributed by atoms with Gasteiger partial charge < -0.3 is 19.9 Å². The van der Waals surface area contributed by atoms with Crippen LogP contribution in [0.5, 0.6) is 5.75 Å². The summed E-state index contributed by atoms with van der Waals surface area (Å²) in [5.41, 5.74) is 2.44. The van der Waals surface area contributed by atoms with E-state index in [0.29, 0.717) is 39.1 Å². The van der Waals surface area contributed by atoms with Crippen molar-refractivity contribution in [1.82, 2.24) is 30.6 Å². The van der Waals surface area contributed by atoms with E-state index in [9.17, 15) is 24.0 Å². The number of benzene rings is 2. The number of hydrogen-bond donors (Lipinski definition) is 2. The van der Waals surface area contributed by atoms with Crippen LogP contribution in [0, 0.1) is 18.3 Å². The van der Waals surface area contributed by atoms with Gasteiger partial charge in [0, 0.05) is 69.0 Å². The lowest BCUT2D eigenvalue weighted by atomic mass is 9.92. The summed E-state index contributed by atoms with van der Waals surface area (Å²) in [6.07, 6.45) is 12.2. The predicted molar refractivity (Wildman–Crippen MR) is 217 cm³/mol. The molecule has 1 aromatic heterocycles. The lowest BCUT2D eigenvalue weighted by Gasteiger charge is -2.38. The number of anilines is 2. The molecule has 4 aliphatic heterocycles. The van der Waals surface area contributed by atoms with E-state index in [-0.39, 0.29) is 30.9 Å². The lowest BCUT2D eigenvalue weighted by molar-refractivity contribution is -0.136. The monoisotopic (exact) mass is 806 g/mol. The number of hydrogen-bond acceptors (Lipinski definition) is 11. The Kier molecular flexibility index (Phi) is 11.6. The van der Waals surface area contributed by atoms with E-state index in [4.69, 9.17) is 22.8 Å². The minimum atomic E-state index is -0.971. The zero-order valence-corrected chi connectivity index (χ0v) is 33.1. The van der Waals surface area contributed by atoms with Gasteiger partial charge in [-0.05, 0) is 106 Å². The van der Waals surface area contributed by atoms with Crippen molar-refractivity contribution in [2.45, 2.75) is 76.0 Å². The second-order valence-corrected chi connectivity index (χ2v) is 16.3. The number of piperazine rings is 1. The third-order valence-corrected chi connectivity index (χ3v) is 12.6. The maximum absolute atomic E-state index is 13.3. The first-order valence-electron chi connectivity index (χ1n) is 20.3. The van der Waals surface area contributed by atoms with Crippen LogP contribution in [0.1, 0.15) is 94.6 Å². The van der Waals surface area contributed by atoms with Gasteiger partial charge in [0.25, 0.3) is 17.7 Å². The average Bonchev–Trinajstić information content (AvgIpc) is 3.49. The van der Waals surface area contributed by atoms with Crippen molar-refractivity contribution in [2.75, 3.05) is 55.6 Å². The zero-order chi connectivity index (χ0) is 40.3. The van der Waals surface area contributed by atoms with Crippen molar-refractivity contribution in [1.29, 1.82) is 0 Å². The fraction of sp³-hybridized carbons (Fsp3) is 0.465. The summed E-state index contributed by atoms with van der Waals surface area (Å²) >= 11 is 6.22. The number of nitrogens with zero attached hydrogens (tertiary/aromatic N) is 6. The van der Waals surface area contributed by atoms with Crippen LogP contribution in [0.25, 0.3) is 0 Å². The first kappa shape index (κ1) is 39.3. The van der Waals surface area contributed by atoms with Crippen LogP contribution in [-0.4, -0.2) is 114 Å². The minimum Gasteiger partial charge on any atom is -0.490 e. The molecule has 3 aromatic rings. The number of halogens is 1. The van der Waals surface area contributed by atoms with Gasteiger partial charge in [-0.3, -0.25) is 39.1 Å². The van der Waals surface area contributed by atoms with E-state index in [2.05, 4.69) is 41.5 Å². The number of terminal acetylenes is 1. The molecule has 4 fully saturated rings. The summed E-state index contributed by atoms with van der Waals surface area (Å²) in [6.45, 7) is 6.21. The summed E-state index contributed by atoms with van der Waals surface area (Å²) in [7, 11) is 0. The quantitative estimate of drug-likeness (QED) is 0.225. The molecule has 0 bridgehead atoms. The van der Waals surface area contributed by atoms with Crippen molar-refractivity contribution in [3.05, 3.63) is 75.9 Å². The maximum Gasteiger partial charge on any atom is 0.272 e. The second-order valence-electron chi connectivity index (χ2n) is 15.9. The molecule has 2 N–H and O–H groups in total. The number of carbonyl (C=O) groups excluding carboxylic acids is 5. The van der Waals surface area contributed by atoms with E-state index in [1.807, 2.05) is 18.2 Å². The first-order valence-corrected chi connectivity index (χ1v) is 20.7. The Balaban J connectivity index is 0.735. The molecule has 3 saturated heterocycles. The Hall–Kier alpha value is -5.52. The Morgan fingerprint density at radius 1 is 0.845 bits per heavy atom. The van der Waals surface area contributed by atoms with Crippen LogP contribution in [0.4, 0.5) is 11.5 Å². The van der Waals surface area contributed by atoms with Gasteiger partial charge in [0.2, 0.25) is 11.8 Å². The Labute approximate surface area is 342 Å². The SMILES string of the molecule is C#Cc1ccc(OC2CCC(NC(=O)c3ccc(N4CCC(CCN5CCN(c6ccc7c(c6)C(=O)N(C6CCC(=O)NC6=O)C7=O)CC5)CC4)nn3)CC2)cc1Cl. The number of aromatic nitrogens is 2. The van der Waals surface area contributed by atoms with E-state index in [0.717, 1.165) is 107 Å². The number of amides is 5. The number of imide groups is 2. The van der Waals surface area contributed by atoms with Gasteiger partial charge in [0.15, 0.2) is 11.5 Å². The van der Waals surface area contributed by atoms with E-state index < -0.39 is 29.7 Å². The van der Waals surface area contributed by atoms with E-state index >= 15 is 0 Å². The molecule has 1 saturated carbocycles. The highest BCUT2D eigenvalue weighted by molar-refractivity contribution is 6.31. The van der Waals surface area contributed by atoms with Gasteiger partial charge in [-0.2, -0.15) is 0 Å². The fourth-order valence-corrected chi connectivity index (χ4v) is 9.00. The van der Waals surface area contributed by atoms with Crippen molar-refractivity contribution in [3.63, 3.8) is 0 Å². The van der Waals surface area contributed by atoms with Crippen molar-refractivity contribution in [3.8, 4) is 18.1 Å². The van der Waals surface area contributed by atoms with Gasteiger partial charge in [0.1, 0.15) is 11.8 Å². The number of rotatable bonds is 10. The van der Waals surface area contributed by atoms with E-state index in [1.54, 1.807) is 30.3 Å². The van der Waals surface area contributed by atoms with Crippen LogP contribution >= 0.6 is 11.6 Å². The number of carbonyl (C=O) groups is 5. The van der Waals surface area contributed by atoms with Crippen LogP contribution < -0.4 is 25.2 Å². The molecule has 15 heteroatoms. The molecular weight excluding hydrogens is 760 g/mol. The zero-order valence-electron chi connectivity index (χ0n) is 32.3. The van der Waals surface area contributed by atoms with Crippen LogP contribution in [0.3, 0.4) is 0 Å². The van der Waals surface area contributed by atoms with Crippen molar-refractivity contribution >= 4 is 52.6 Å². The highest BCUT2D eigenvalue weighted by Gasteiger charge is 2.45. The minimum absolute atomic E-state index is 0.0514. The highest BCUT2D eigenvalue weighted by atomic mass is 35.5. The molecule has 2 aromatic carbocycles. The smallest absolute Gasteiger partial charge is 0.272 e. The summed E-state index contributed by atoms with van der Waals surface area (Å²) in [5.74, 6) is 2.47. The number of ether oxygens (including phenoxy) is 1. The molecule has 5 aliphatic rings. The van der Waals surface area contributed by atoms with Crippen LogP contribution in [0.2, 0.25) is 5.02 Å². The van der Waals surface area contributed by atoms with Crippen LogP contribution in [0.15, 0.2) is 48.5 Å². The highest BCUT2D eigenvalue weighted by Crippen LogP contribution is 2.32. The number of fused-ring (bicyclic) bond motifs is 1. The fourth-order valence-electron chi connectivity index (χ4n) is 8.78. The topological polar surface area (TPSA) is 157 Å². The molecule has 1 aliphatic carbocycles. The summed E-state index contributed by atoms with van der Waals surface area (Å²) < 4.78 is 6.12. The maximum atomic E-state index is 13.3. The molecule has 1 unspecified atom stereocenters. The van der Waals surface area contributed by atoms with E-state index in [1.165, 1.54) is 0 Å².